The van der Waals surface area contributed by atoms with Gasteiger partial charge in [0, 0.05) is 17.8 Å². The predicted molar refractivity (Wildman–Crippen MR) is 68.1 cm³/mol. The molecule has 17 heavy (non-hydrogen) atoms. The Morgan fingerprint density at radius 3 is 2.94 bits per heavy atom. The van der Waals surface area contributed by atoms with Crippen LogP contribution in [0.1, 0.15) is 23.1 Å². The highest BCUT2D eigenvalue weighted by atomic mass is 35.5. The average Bonchev–Trinajstić information content (AvgIpc) is 2.96. The Morgan fingerprint density at radius 2 is 2.35 bits per heavy atom. The predicted octanol–water partition coefficient (Wildman–Crippen LogP) is 3.59. The topological polar surface area (TPSA) is 49.0 Å². The molecule has 0 amide bonds. The van der Waals surface area contributed by atoms with Crippen molar-refractivity contribution in [3.8, 4) is 6.07 Å². The first-order valence-electron chi connectivity index (χ1n) is 5.20. The van der Waals surface area contributed by atoms with E-state index in [2.05, 4.69) is 11.4 Å². The molecule has 88 valence electrons. The Hall–Kier alpha value is -1.28. The third-order valence-corrected chi connectivity index (χ3v) is 3.59. The van der Waals surface area contributed by atoms with Crippen molar-refractivity contribution in [1.29, 1.82) is 5.26 Å². The van der Waals surface area contributed by atoms with Crippen LogP contribution >= 0.6 is 22.9 Å². The lowest BCUT2D eigenvalue weighted by Gasteiger charge is -2.13. The molecule has 1 atom stereocenters. The molecule has 0 fully saturated rings. The van der Waals surface area contributed by atoms with Gasteiger partial charge >= 0.3 is 0 Å². The third kappa shape index (κ3) is 3.10. The molecule has 5 heteroatoms. The summed E-state index contributed by atoms with van der Waals surface area (Å²) in [5, 5.41) is 11.8. The number of nitrogens with zero attached hydrogens (tertiary/aromatic N) is 1. The number of thiophene rings is 1. The normalized spacial score (nSPS) is 12.2. The minimum absolute atomic E-state index is 0.0316. The summed E-state index contributed by atoms with van der Waals surface area (Å²) in [6.45, 7) is 0.622. The molecule has 2 rings (SSSR count). The summed E-state index contributed by atoms with van der Waals surface area (Å²) in [6.07, 6.45) is 2.11. The largest absolute Gasteiger partial charge is 0.467 e. The molecule has 0 aliphatic carbocycles. The van der Waals surface area contributed by atoms with Gasteiger partial charge in [-0.3, -0.25) is 0 Å². The van der Waals surface area contributed by atoms with Gasteiger partial charge in [-0.1, -0.05) is 11.6 Å². The zero-order chi connectivity index (χ0) is 12.1. The van der Waals surface area contributed by atoms with Crippen LogP contribution in [0.25, 0.3) is 0 Å². The molecule has 0 saturated heterocycles. The summed E-state index contributed by atoms with van der Waals surface area (Å²) in [4.78, 5) is 1.09. The van der Waals surface area contributed by atoms with Gasteiger partial charge in [0.2, 0.25) is 0 Å². The second-order valence-electron chi connectivity index (χ2n) is 3.45. The number of nitrogens with one attached hydrogen (secondary N) is 1. The lowest BCUT2D eigenvalue weighted by Crippen LogP contribution is -2.22. The number of halogens is 1. The van der Waals surface area contributed by atoms with E-state index in [0.29, 0.717) is 13.0 Å². The summed E-state index contributed by atoms with van der Waals surface area (Å²) >= 11 is 7.45. The van der Waals surface area contributed by atoms with Crippen molar-refractivity contribution < 1.29 is 4.42 Å². The highest BCUT2D eigenvalue weighted by Gasteiger charge is 2.17. The zero-order valence-corrected chi connectivity index (χ0v) is 10.6. The fourth-order valence-electron chi connectivity index (χ4n) is 1.55. The monoisotopic (exact) mass is 266 g/mol. The van der Waals surface area contributed by atoms with Crippen molar-refractivity contribution in [3.05, 3.63) is 45.5 Å². The van der Waals surface area contributed by atoms with Crippen molar-refractivity contribution >= 4 is 22.9 Å². The first kappa shape index (κ1) is 12.2. The highest BCUT2D eigenvalue weighted by Crippen LogP contribution is 2.31. The number of hydrogen-bond acceptors (Lipinski definition) is 4. The lowest BCUT2D eigenvalue weighted by atomic mass is 10.2. The van der Waals surface area contributed by atoms with Crippen LogP contribution in [0.3, 0.4) is 0 Å². The van der Waals surface area contributed by atoms with Crippen LogP contribution in [0, 0.1) is 11.3 Å². The van der Waals surface area contributed by atoms with Crippen molar-refractivity contribution in [2.24, 2.45) is 0 Å². The minimum Gasteiger partial charge on any atom is -0.467 e. The second kappa shape index (κ2) is 5.87. The number of furan rings is 1. The van der Waals surface area contributed by atoms with Gasteiger partial charge in [-0.2, -0.15) is 5.26 Å². The van der Waals surface area contributed by atoms with Crippen LogP contribution in [0.2, 0.25) is 4.34 Å². The molecule has 2 aromatic rings. The smallest absolute Gasteiger partial charge is 0.126 e. The van der Waals surface area contributed by atoms with Gasteiger partial charge in [-0.05, 0) is 24.3 Å². The van der Waals surface area contributed by atoms with Crippen LogP contribution in [0.4, 0.5) is 0 Å². The third-order valence-electron chi connectivity index (χ3n) is 2.29. The SMILES string of the molecule is N#CCCNC(c1ccco1)c1ccc(Cl)s1. The van der Waals surface area contributed by atoms with Crippen molar-refractivity contribution in [3.63, 3.8) is 0 Å². The fraction of sp³-hybridized carbons (Fsp3) is 0.250. The highest BCUT2D eigenvalue weighted by molar-refractivity contribution is 7.16. The number of hydrogen-bond donors (Lipinski definition) is 1. The maximum atomic E-state index is 8.55. The van der Waals surface area contributed by atoms with Crippen molar-refractivity contribution in [2.75, 3.05) is 6.54 Å². The zero-order valence-electron chi connectivity index (χ0n) is 9.02. The van der Waals surface area contributed by atoms with E-state index in [4.69, 9.17) is 21.3 Å². The molecule has 2 aromatic heterocycles. The molecule has 0 aliphatic heterocycles. The van der Waals surface area contributed by atoms with Gasteiger partial charge in [0.15, 0.2) is 0 Å². The number of nitriles is 1. The lowest BCUT2D eigenvalue weighted by molar-refractivity contribution is 0.452. The maximum Gasteiger partial charge on any atom is 0.126 e. The molecule has 1 N–H and O–H groups in total. The van der Waals surface area contributed by atoms with Crippen molar-refractivity contribution in [1.82, 2.24) is 5.32 Å². The molecule has 3 nitrogen and oxygen atoms in total. The van der Waals surface area contributed by atoms with E-state index in [0.717, 1.165) is 15.0 Å². The molecule has 0 bridgehead atoms. The molecule has 1 unspecified atom stereocenters. The van der Waals surface area contributed by atoms with E-state index in [9.17, 15) is 0 Å². The van der Waals surface area contributed by atoms with Crippen LogP contribution in [-0.2, 0) is 0 Å². The summed E-state index contributed by atoms with van der Waals surface area (Å²) < 4.78 is 6.16. The van der Waals surface area contributed by atoms with E-state index in [-0.39, 0.29) is 6.04 Å². The quantitative estimate of drug-likeness (QED) is 0.842. The van der Waals surface area contributed by atoms with Crippen molar-refractivity contribution in [2.45, 2.75) is 12.5 Å². The van der Waals surface area contributed by atoms with E-state index in [1.807, 2.05) is 24.3 Å². The molecule has 0 radical (unpaired) electrons. The molecule has 0 spiro atoms. The first-order valence-corrected chi connectivity index (χ1v) is 6.39. The minimum atomic E-state index is -0.0316. The van der Waals surface area contributed by atoms with Gasteiger partial charge in [-0.15, -0.1) is 11.3 Å². The van der Waals surface area contributed by atoms with Gasteiger partial charge in [0.05, 0.1) is 16.7 Å². The Balaban J connectivity index is 2.16. The van der Waals surface area contributed by atoms with Crippen LogP contribution in [-0.4, -0.2) is 6.54 Å². The van der Waals surface area contributed by atoms with Gasteiger partial charge < -0.3 is 9.73 Å². The van der Waals surface area contributed by atoms with Gasteiger partial charge in [0.25, 0.3) is 0 Å². The van der Waals surface area contributed by atoms with Crippen LogP contribution in [0.5, 0.6) is 0 Å². The Kier molecular flexibility index (Phi) is 4.21. The molecule has 2 heterocycles. The van der Waals surface area contributed by atoms with E-state index in [1.165, 1.54) is 11.3 Å². The van der Waals surface area contributed by atoms with Crippen LogP contribution < -0.4 is 5.32 Å². The standard InChI is InChI=1S/C12H11ClN2OS/c13-11-5-4-10(17-11)12(15-7-2-6-14)9-3-1-8-16-9/h1,3-5,8,12,15H,2,7H2. The van der Waals surface area contributed by atoms with Crippen LogP contribution in [0.15, 0.2) is 34.9 Å². The van der Waals surface area contributed by atoms with Gasteiger partial charge in [-0.25, -0.2) is 0 Å². The Morgan fingerprint density at radius 1 is 1.47 bits per heavy atom. The summed E-state index contributed by atoms with van der Waals surface area (Å²) in [6, 6.07) is 9.68. The Bertz CT molecular complexity index is 501. The maximum absolute atomic E-state index is 8.55. The molecule has 0 aliphatic rings. The summed E-state index contributed by atoms with van der Waals surface area (Å²) in [5.74, 6) is 0.835. The average molecular weight is 267 g/mol. The summed E-state index contributed by atoms with van der Waals surface area (Å²) in [5.41, 5.74) is 0. The Labute approximate surface area is 109 Å². The second-order valence-corrected chi connectivity index (χ2v) is 5.20. The first-order chi connectivity index (χ1) is 8.31. The van der Waals surface area contributed by atoms with Gasteiger partial charge in [0.1, 0.15) is 11.8 Å². The van der Waals surface area contributed by atoms with E-state index in [1.54, 1.807) is 6.26 Å². The molecule has 0 aromatic carbocycles. The fourth-order valence-corrected chi connectivity index (χ4v) is 2.70. The van der Waals surface area contributed by atoms with E-state index < -0.39 is 0 Å². The molecule has 0 saturated carbocycles. The molecular weight excluding hydrogens is 256 g/mol. The summed E-state index contributed by atoms with van der Waals surface area (Å²) in [7, 11) is 0. The van der Waals surface area contributed by atoms with E-state index >= 15 is 0 Å². The molecular formula is C12H11ClN2OS. The number of rotatable bonds is 5.